The van der Waals surface area contributed by atoms with Crippen molar-refractivity contribution in [2.45, 2.75) is 13.0 Å². The van der Waals surface area contributed by atoms with E-state index >= 15 is 0 Å². The van der Waals surface area contributed by atoms with E-state index in [2.05, 4.69) is 41.3 Å². The third-order valence-corrected chi connectivity index (χ3v) is 4.23. The monoisotopic (exact) mass is 281 g/mol. The number of fused-ring (bicyclic) bond motifs is 3. The first-order valence-corrected chi connectivity index (χ1v) is 7.21. The molecule has 3 rings (SSSR count). The van der Waals surface area contributed by atoms with Crippen LogP contribution in [0.4, 0.5) is 0 Å². The third-order valence-electron chi connectivity index (χ3n) is 4.23. The highest BCUT2D eigenvalue weighted by molar-refractivity contribution is 5.78. The summed E-state index contributed by atoms with van der Waals surface area (Å²) in [4.78, 5) is 13.3. The van der Waals surface area contributed by atoms with Gasteiger partial charge in [-0.25, -0.2) is 0 Å². The molecule has 2 aromatic rings. The highest BCUT2D eigenvalue weighted by Crippen LogP contribution is 2.45. The second kappa shape index (κ2) is 5.34. The van der Waals surface area contributed by atoms with Crippen LogP contribution in [0.3, 0.4) is 0 Å². The molecule has 2 aromatic carbocycles. The molecule has 0 aromatic heterocycles. The zero-order valence-electron chi connectivity index (χ0n) is 12.3. The van der Waals surface area contributed by atoms with Gasteiger partial charge in [0.1, 0.15) is 0 Å². The van der Waals surface area contributed by atoms with Crippen LogP contribution in [-0.2, 0) is 4.79 Å². The average Bonchev–Trinajstić information content (AvgIpc) is 2.81. The lowest BCUT2D eigenvalue weighted by molar-refractivity contribution is -0.141. The molecular weight excluding hydrogens is 262 g/mol. The molecule has 1 aliphatic carbocycles. The summed E-state index contributed by atoms with van der Waals surface area (Å²) >= 11 is 0. The lowest BCUT2D eigenvalue weighted by Gasteiger charge is -2.27. The van der Waals surface area contributed by atoms with E-state index in [1.807, 2.05) is 19.2 Å². The number of nitrogens with zero attached hydrogens (tertiary/aromatic N) is 1. The van der Waals surface area contributed by atoms with Gasteiger partial charge in [0.05, 0.1) is 12.0 Å². The van der Waals surface area contributed by atoms with Crippen LogP contribution in [0.1, 0.15) is 24.1 Å². The van der Waals surface area contributed by atoms with E-state index in [9.17, 15) is 4.79 Å². The summed E-state index contributed by atoms with van der Waals surface area (Å²) in [6.45, 7) is 2.29. The van der Waals surface area contributed by atoms with Gasteiger partial charge in [-0.2, -0.15) is 0 Å². The molecule has 0 fully saturated rings. The third kappa shape index (κ3) is 2.34. The number of hydrogen-bond acceptors (Lipinski definition) is 2. The van der Waals surface area contributed by atoms with Crippen molar-refractivity contribution in [3.8, 4) is 11.1 Å². The predicted molar refractivity (Wildman–Crippen MR) is 83.2 cm³/mol. The van der Waals surface area contributed by atoms with Gasteiger partial charge in [0.25, 0.3) is 0 Å². The van der Waals surface area contributed by atoms with Crippen molar-refractivity contribution in [3.63, 3.8) is 0 Å². The molecule has 0 heterocycles. The Morgan fingerprint density at radius 3 is 2.05 bits per heavy atom. The molecule has 0 saturated heterocycles. The SMILES string of the molecule is CC(CN(C)C1c2ccccc2-c2ccccc21)C(=O)O. The second-order valence-electron chi connectivity index (χ2n) is 5.76. The lowest BCUT2D eigenvalue weighted by Crippen LogP contribution is -2.31. The first-order valence-electron chi connectivity index (χ1n) is 7.21. The molecule has 0 radical (unpaired) electrons. The van der Waals surface area contributed by atoms with Gasteiger partial charge >= 0.3 is 5.97 Å². The topological polar surface area (TPSA) is 40.5 Å². The summed E-state index contributed by atoms with van der Waals surface area (Å²) in [6, 6.07) is 16.9. The minimum absolute atomic E-state index is 0.138. The van der Waals surface area contributed by atoms with E-state index < -0.39 is 5.97 Å². The predicted octanol–water partition coefficient (Wildman–Crippen LogP) is 3.41. The van der Waals surface area contributed by atoms with Gasteiger partial charge in [-0.1, -0.05) is 55.5 Å². The van der Waals surface area contributed by atoms with Crippen molar-refractivity contribution in [1.29, 1.82) is 0 Å². The largest absolute Gasteiger partial charge is 0.481 e. The average molecular weight is 281 g/mol. The molecule has 3 nitrogen and oxygen atoms in total. The number of carbonyl (C=O) groups is 1. The van der Waals surface area contributed by atoms with Gasteiger partial charge in [0.15, 0.2) is 0 Å². The number of hydrogen-bond donors (Lipinski definition) is 1. The van der Waals surface area contributed by atoms with Gasteiger partial charge in [0, 0.05) is 6.54 Å². The van der Waals surface area contributed by atoms with E-state index in [4.69, 9.17) is 5.11 Å². The van der Waals surface area contributed by atoms with Crippen molar-refractivity contribution in [3.05, 3.63) is 59.7 Å². The fourth-order valence-corrected chi connectivity index (χ4v) is 3.22. The van der Waals surface area contributed by atoms with Crippen molar-refractivity contribution in [2.24, 2.45) is 5.92 Å². The Labute approximate surface area is 124 Å². The molecular formula is C18H19NO2. The number of rotatable bonds is 4. The second-order valence-corrected chi connectivity index (χ2v) is 5.76. The molecule has 21 heavy (non-hydrogen) atoms. The van der Waals surface area contributed by atoms with Crippen LogP contribution >= 0.6 is 0 Å². The fraction of sp³-hybridized carbons (Fsp3) is 0.278. The first-order chi connectivity index (χ1) is 10.1. The van der Waals surface area contributed by atoms with Crippen LogP contribution in [0.15, 0.2) is 48.5 Å². The maximum Gasteiger partial charge on any atom is 0.307 e. The lowest BCUT2D eigenvalue weighted by atomic mass is 10.0. The highest BCUT2D eigenvalue weighted by atomic mass is 16.4. The number of carboxylic acid groups (broad SMARTS) is 1. The van der Waals surface area contributed by atoms with E-state index in [-0.39, 0.29) is 12.0 Å². The van der Waals surface area contributed by atoms with Crippen molar-refractivity contribution < 1.29 is 9.90 Å². The molecule has 3 heteroatoms. The van der Waals surface area contributed by atoms with Crippen molar-refractivity contribution in [2.75, 3.05) is 13.6 Å². The Balaban J connectivity index is 2.00. The molecule has 0 saturated carbocycles. The fourth-order valence-electron chi connectivity index (χ4n) is 3.22. The Kier molecular flexibility index (Phi) is 3.52. The summed E-state index contributed by atoms with van der Waals surface area (Å²) < 4.78 is 0. The molecule has 0 aliphatic heterocycles. The molecule has 1 atom stereocenters. The van der Waals surface area contributed by atoms with Crippen LogP contribution in [0.2, 0.25) is 0 Å². The van der Waals surface area contributed by atoms with Gasteiger partial charge < -0.3 is 5.11 Å². The van der Waals surface area contributed by atoms with E-state index in [1.54, 1.807) is 6.92 Å². The molecule has 0 amide bonds. The van der Waals surface area contributed by atoms with Gasteiger partial charge in [-0.3, -0.25) is 9.69 Å². The first kappa shape index (κ1) is 13.8. The Hall–Kier alpha value is -2.13. The maximum atomic E-state index is 11.1. The summed E-state index contributed by atoms with van der Waals surface area (Å²) in [5, 5.41) is 9.14. The maximum absolute atomic E-state index is 11.1. The zero-order chi connectivity index (χ0) is 15.0. The summed E-state index contributed by atoms with van der Waals surface area (Å²) in [7, 11) is 2.00. The minimum atomic E-state index is -0.749. The Morgan fingerprint density at radius 2 is 1.57 bits per heavy atom. The number of benzene rings is 2. The van der Waals surface area contributed by atoms with Crippen LogP contribution in [0.25, 0.3) is 11.1 Å². The van der Waals surface area contributed by atoms with Crippen LogP contribution in [0.5, 0.6) is 0 Å². The number of aliphatic carboxylic acids is 1. The van der Waals surface area contributed by atoms with Gasteiger partial charge in [0.2, 0.25) is 0 Å². The zero-order valence-corrected chi connectivity index (χ0v) is 12.3. The van der Waals surface area contributed by atoms with E-state index in [1.165, 1.54) is 22.3 Å². The molecule has 0 spiro atoms. The quantitative estimate of drug-likeness (QED) is 0.933. The summed E-state index contributed by atoms with van der Waals surface area (Å²) in [5.74, 6) is -1.13. The highest BCUT2D eigenvalue weighted by Gasteiger charge is 2.31. The normalized spacial score (nSPS) is 14.8. The molecule has 0 bridgehead atoms. The van der Waals surface area contributed by atoms with Crippen molar-refractivity contribution >= 4 is 5.97 Å². The minimum Gasteiger partial charge on any atom is -0.481 e. The smallest absolute Gasteiger partial charge is 0.307 e. The van der Waals surface area contributed by atoms with Gasteiger partial charge in [-0.15, -0.1) is 0 Å². The molecule has 1 unspecified atom stereocenters. The van der Waals surface area contributed by atoms with Crippen LogP contribution < -0.4 is 0 Å². The van der Waals surface area contributed by atoms with Crippen LogP contribution in [0, 0.1) is 5.92 Å². The molecule has 1 aliphatic rings. The molecule has 108 valence electrons. The van der Waals surface area contributed by atoms with Gasteiger partial charge in [-0.05, 0) is 29.3 Å². The summed E-state index contributed by atoms with van der Waals surface area (Å²) in [5.41, 5.74) is 5.04. The van der Waals surface area contributed by atoms with Crippen LogP contribution in [-0.4, -0.2) is 29.6 Å². The standard InChI is InChI=1S/C18H19NO2/c1-12(18(20)21)11-19(2)17-15-9-5-3-7-13(15)14-8-4-6-10-16(14)17/h3-10,12,17H,11H2,1-2H3,(H,20,21). The van der Waals surface area contributed by atoms with E-state index in [0.29, 0.717) is 6.54 Å². The molecule has 1 N–H and O–H groups in total. The summed E-state index contributed by atoms with van der Waals surface area (Å²) in [6.07, 6.45) is 0. The number of carboxylic acids is 1. The van der Waals surface area contributed by atoms with E-state index in [0.717, 1.165) is 0 Å². The Morgan fingerprint density at radius 1 is 1.10 bits per heavy atom. The van der Waals surface area contributed by atoms with Crippen molar-refractivity contribution in [1.82, 2.24) is 4.90 Å². The Bertz CT molecular complexity index is 635.